The molecular weight excluding hydrogens is 523 g/mol. The van der Waals surface area contributed by atoms with E-state index in [4.69, 9.17) is 16.3 Å². The number of thioether (sulfide) groups is 1. The number of nitrogens with zero attached hydrogens (tertiary/aromatic N) is 2. The second-order valence-electron chi connectivity index (χ2n) is 10.3. The van der Waals surface area contributed by atoms with Crippen molar-refractivity contribution in [1.29, 1.82) is 0 Å². The Morgan fingerprint density at radius 1 is 1.24 bits per heavy atom. The van der Waals surface area contributed by atoms with Crippen molar-refractivity contribution in [2.45, 2.75) is 56.5 Å². The lowest BCUT2D eigenvalue weighted by Gasteiger charge is -2.41. The molecule has 8 heteroatoms. The van der Waals surface area contributed by atoms with E-state index in [1.165, 1.54) is 16.7 Å². The molecule has 1 aromatic heterocycles. The van der Waals surface area contributed by atoms with Crippen LogP contribution < -0.4 is 4.74 Å². The molecule has 1 fully saturated rings. The quantitative estimate of drug-likeness (QED) is 0.181. The largest absolute Gasteiger partial charge is 0.497 e. The van der Waals surface area contributed by atoms with Gasteiger partial charge in [-0.2, -0.15) is 0 Å². The van der Waals surface area contributed by atoms with E-state index in [0.29, 0.717) is 28.6 Å². The topological polar surface area (TPSA) is 62.7 Å². The normalized spacial score (nSPS) is 16.4. The highest BCUT2D eigenvalue weighted by atomic mass is 35.5. The van der Waals surface area contributed by atoms with Gasteiger partial charge < -0.3 is 14.7 Å². The molecule has 0 radical (unpaired) electrons. The molecule has 0 amide bonds. The zero-order valence-corrected chi connectivity index (χ0v) is 23.7. The number of piperidine rings is 1. The Morgan fingerprint density at radius 2 is 1.97 bits per heavy atom. The van der Waals surface area contributed by atoms with Crippen molar-refractivity contribution < 1.29 is 19.0 Å². The third kappa shape index (κ3) is 7.39. The van der Waals surface area contributed by atoms with Crippen molar-refractivity contribution >= 4 is 40.2 Å². The maximum Gasteiger partial charge on any atom is 0.303 e. The maximum atomic E-state index is 15.8. The average Bonchev–Trinajstić information content (AvgIpc) is 2.91. The number of methoxy groups -OCH3 is 1. The first-order chi connectivity index (χ1) is 18.3. The number of alkyl halides is 1. The highest BCUT2D eigenvalue weighted by molar-refractivity contribution is 7.99. The number of likely N-dealkylation sites (tertiary alicyclic amines) is 1. The van der Waals surface area contributed by atoms with Gasteiger partial charge in [-0.15, -0.1) is 11.8 Å². The van der Waals surface area contributed by atoms with Crippen molar-refractivity contribution in [3.8, 4) is 5.75 Å². The number of carbonyl (C=O) groups is 1. The van der Waals surface area contributed by atoms with Crippen LogP contribution in [-0.2, 0) is 4.79 Å². The standard InChI is InChI=1S/C30H36ClFN2O3S/c1-21-4-7-23(8-5-21)38-17-3-14-34-15-12-30(13-16-34,19-28(35)36)11-10-26(32)29-24-18-22(37-2)6-9-27(24)33-20-25(29)31/h4-9,18,20,26H,3,10-17,19H2,1-2H3,(H,35,36)/t26-/m0/s1. The summed E-state index contributed by atoms with van der Waals surface area (Å²) in [6.07, 6.45) is 3.55. The molecule has 1 atom stereocenters. The van der Waals surface area contributed by atoms with Crippen LogP contribution >= 0.6 is 23.4 Å². The summed E-state index contributed by atoms with van der Waals surface area (Å²) < 4.78 is 21.1. The number of benzene rings is 2. The molecule has 0 bridgehead atoms. The van der Waals surface area contributed by atoms with Crippen LogP contribution in [0.1, 0.15) is 55.8 Å². The zero-order valence-electron chi connectivity index (χ0n) is 22.1. The number of ether oxygens (including phenoxy) is 1. The molecule has 1 aliphatic heterocycles. The number of halogens is 2. The molecular formula is C30H36ClFN2O3S. The molecule has 1 saturated heterocycles. The van der Waals surface area contributed by atoms with Gasteiger partial charge in [-0.3, -0.25) is 9.78 Å². The van der Waals surface area contributed by atoms with Crippen molar-refractivity contribution in [1.82, 2.24) is 9.88 Å². The van der Waals surface area contributed by atoms with Gasteiger partial charge in [-0.1, -0.05) is 29.3 Å². The van der Waals surface area contributed by atoms with Crippen molar-refractivity contribution in [2.75, 3.05) is 32.5 Å². The van der Waals surface area contributed by atoms with Crippen molar-refractivity contribution in [3.05, 3.63) is 64.8 Å². The summed E-state index contributed by atoms with van der Waals surface area (Å²) in [4.78, 5) is 19.8. The van der Waals surface area contributed by atoms with Crippen molar-refractivity contribution in [3.63, 3.8) is 0 Å². The van der Waals surface area contributed by atoms with Gasteiger partial charge in [0.05, 0.1) is 24.1 Å². The fraction of sp³-hybridized carbons (Fsp3) is 0.467. The number of aliphatic carboxylic acids is 1. The molecule has 38 heavy (non-hydrogen) atoms. The van der Waals surface area contributed by atoms with Crippen LogP contribution in [0.3, 0.4) is 0 Å². The molecule has 0 aliphatic carbocycles. The summed E-state index contributed by atoms with van der Waals surface area (Å²) in [6, 6.07) is 13.9. The van der Waals surface area contributed by atoms with E-state index < -0.39 is 17.6 Å². The summed E-state index contributed by atoms with van der Waals surface area (Å²) >= 11 is 8.28. The fourth-order valence-electron chi connectivity index (χ4n) is 5.39. The van der Waals surface area contributed by atoms with Gasteiger partial charge in [0.25, 0.3) is 0 Å². The third-order valence-electron chi connectivity index (χ3n) is 7.66. The van der Waals surface area contributed by atoms with Gasteiger partial charge >= 0.3 is 5.97 Å². The van der Waals surface area contributed by atoms with Crippen LogP contribution in [-0.4, -0.2) is 53.5 Å². The lowest BCUT2D eigenvalue weighted by molar-refractivity contribution is -0.141. The van der Waals surface area contributed by atoms with Crippen LogP contribution in [0.5, 0.6) is 5.75 Å². The Labute approximate surface area is 233 Å². The number of pyridine rings is 1. The van der Waals surface area contributed by atoms with E-state index in [9.17, 15) is 9.90 Å². The third-order valence-corrected chi connectivity index (χ3v) is 9.06. The van der Waals surface area contributed by atoms with Crippen LogP contribution in [0.25, 0.3) is 10.9 Å². The molecule has 4 rings (SSSR count). The number of carboxylic acid groups (broad SMARTS) is 1. The zero-order chi connectivity index (χ0) is 27.1. The molecule has 0 spiro atoms. The van der Waals surface area contributed by atoms with Crippen LogP contribution in [0.4, 0.5) is 4.39 Å². The molecule has 3 aromatic rings. The fourth-order valence-corrected chi connectivity index (χ4v) is 6.50. The summed E-state index contributed by atoms with van der Waals surface area (Å²) in [5, 5.41) is 10.6. The van der Waals surface area contributed by atoms with E-state index in [1.807, 2.05) is 11.8 Å². The van der Waals surface area contributed by atoms with E-state index in [2.05, 4.69) is 41.1 Å². The minimum atomic E-state index is -1.32. The molecule has 5 nitrogen and oxygen atoms in total. The van der Waals surface area contributed by atoms with Gasteiger partial charge in [0.1, 0.15) is 11.9 Å². The van der Waals surface area contributed by atoms with Gasteiger partial charge in [0.2, 0.25) is 0 Å². The van der Waals surface area contributed by atoms with Crippen molar-refractivity contribution in [2.24, 2.45) is 5.41 Å². The Morgan fingerprint density at radius 3 is 2.66 bits per heavy atom. The van der Waals surface area contributed by atoms with E-state index >= 15 is 4.39 Å². The van der Waals surface area contributed by atoms with Gasteiger partial charge in [0.15, 0.2) is 0 Å². The number of hydrogen-bond acceptors (Lipinski definition) is 5. The molecule has 1 N–H and O–H groups in total. The summed E-state index contributed by atoms with van der Waals surface area (Å²) in [5.74, 6) is 0.844. The van der Waals surface area contributed by atoms with Crippen LogP contribution in [0.15, 0.2) is 53.6 Å². The predicted octanol–water partition coefficient (Wildman–Crippen LogP) is 7.74. The number of rotatable bonds is 12. The molecule has 0 unspecified atom stereocenters. The smallest absolute Gasteiger partial charge is 0.303 e. The molecule has 2 heterocycles. The van der Waals surface area contributed by atoms with E-state index in [-0.39, 0.29) is 17.9 Å². The minimum Gasteiger partial charge on any atom is -0.497 e. The monoisotopic (exact) mass is 558 g/mol. The second kappa shape index (κ2) is 13.1. The molecule has 0 saturated carbocycles. The first-order valence-electron chi connectivity index (χ1n) is 13.2. The Kier molecular flexibility index (Phi) is 9.91. The Balaban J connectivity index is 1.34. The lowest BCUT2D eigenvalue weighted by atomic mass is 9.71. The van der Waals surface area contributed by atoms with E-state index in [1.54, 1.807) is 25.3 Å². The SMILES string of the molecule is COc1ccc2ncc(Cl)c([C@@H](F)CCC3(CC(=O)O)CCN(CCCSc4ccc(C)cc4)CC3)c2c1. The lowest BCUT2D eigenvalue weighted by Crippen LogP contribution is -2.41. The number of aryl methyl sites for hydroxylation is 1. The number of aromatic nitrogens is 1. The summed E-state index contributed by atoms with van der Waals surface area (Å²) in [6.45, 7) is 4.77. The highest BCUT2D eigenvalue weighted by Crippen LogP contribution is 2.44. The molecule has 1 aliphatic rings. The van der Waals surface area contributed by atoms with Crippen LogP contribution in [0.2, 0.25) is 5.02 Å². The molecule has 2 aromatic carbocycles. The van der Waals surface area contributed by atoms with Gasteiger partial charge in [0, 0.05) is 22.0 Å². The first kappa shape index (κ1) is 28.7. The van der Waals surface area contributed by atoms with Gasteiger partial charge in [-0.05, 0) is 100 Å². The maximum absolute atomic E-state index is 15.8. The summed E-state index contributed by atoms with van der Waals surface area (Å²) in [5.41, 5.74) is 1.92. The number of fused-ring (bicyclic) bond motifs is 1. The minimum absolute atomic E-state index is 0.0650. The average molecular weight is 559 g/mol. The van der Waals surface area contributed by atoms with E-state index in [0.717, 1.165) is 44.6 Å². The second-order valence-corrected chi connectivity index (χ2v) is 11.9. The first-order valence-corrected chi connectivity index (χ1v) is 14.5. The Bertz CT molecular complexity index is 1230. The summed E-state index contributed by atoms with van der Waals surface area (Å²) in [7, 11) is 1.57. The highest BCUT2D eigenvalue weighted by Gasteiger charge is 2.37. The van der Waals surface area contributed by atoms with Gasteiger partial charge in [-0.25, -0.2) is 4.39 Å². The Hall–Kier alpha value is -2.35. The van der Waals surface area contributed by atoms with Crippen LogP contribution in [0, 0.1) is 12.3 Å². The predicted molar refractivity (Wildman–Crippen MR) is 153 cm³/mol. The number of carboxylic acids is 1. The molecule has 204 valence electrons. The number of hydrogen-bond donors (Lipinski definition) is 1.